The molecule has 0 bridgehead atoms. The predicted octanol–water partition coefficient (Wildman–Crippen LogP) is 6.78. The molecule has 4 N–H and O–H groups in total. The van der Waals surface area contributed by atoms with Gasteiger partial charge in [0, 0.05) is 22.9 Å². The van der Waals surface area contributed by atoms with E-state index in [4.69, 9.17) is 0 Å². The topological polar surface area (TPSA) is 141 Å². The van der Waals surface area contributed by atoms with Gasteiger partial charge in [0.25, 0.3) is 5.91 Å². The highest BCUT2D eigenvalue weighted by atomic mass is 16.4. The maximum absolute atomic E-state index is 13.5. The SMILES string of the molecule is CCCCC(CC)CNC(=O)c1ccc2c3ccc(C(=O)O)c4c(C(=O)O)ccc(c5ccc(C(=O)O)c1c52)c43. The van der Waals surface area contributed by atoms with Crippen LogP contribution in [-0.2, 0) is 0 Å². The van der Waals surface area contributed by atoms with Crippen LogP contribution in [0.1, 0.15) is 81.0 Å². The van der Waals surface area contributed by atoms with Crippen LogP contribution in [0.15, 0.2) is 48.5 Å². The molecular formula is C32H29NO7. The molecule has 8 heteroatoms. The Bertz CT molecular complexity index is 1770. The van der Waals surface area contributed by atoms with E-state index in [9.17, 15) is 34.5 Å². The molecule has 0 aromatic heterocycles. The highest BCUT2D eigenvalue weighted by Crippen LogP contribution is 2.44. The van der Waals surface area contributed by atoms with Gasteiger partial charge in [-0.2, -0.15) is 0 Å². The van der Waals surface area contributed by atoms with Crippen molar-refractivity contribution in [3.05, 3.63) is 70.8 Å². The van der Waals surface area contributed by atoms with Gasteiger partial charge in [0.05, 0.1) is 16.7 Å². The maximum Gasteiger partial charge on any atom is 0.336 e. The van der Waals surface area contributed by atoms with Gasteiger partial charge in [0.2, 0.25) is 0 Å². The number of aromatic carboxylic acids is 3. The summed E-state index contributed by atoms with van der Waals surface area (Å²) in [6, 6.07) is 12.4. The molecule has 0 radical (unpaired) electrons. The zero-order valence-corrected chi connectivity index (χ0v) is 22.2. The Hall–Kier alpha value is -4.72. The van der Waals surface area contributed by atoms with Crippen molar-refractivity contribution in [1.82, 2.24) is 5.32 Å². The zero-order chi connectivity index (χ0) is 28.7. The minimum Gasteiger partial charge on any atom is -0.478 e. The first-order chi connectivity index (χ1) is 19.2. The van der Waals surface area contributed by atoms with Crippen molar-refractivity contribution in [1.29, 1.82) is 0 Å². The van der Waals surface area contributed by atoms with Crippen LogP contribution in [0.4, 0.5) is 0 Å². The largest absolute Gasteiger partial charge is 0.478 e. The first-order valence-electron chi connectivity index (χ1n) is 13.4. The second-order valence-corrected chi connectivity index (χ2v) is 10.2. The van der Waals surface area contributed by atoms with E-state index in [0.717, 1.165) is 25.7 Å². The third-order valence-electron chi connectivity index (χ3n) is 7.93. The van der Waals surface area contributed by atoms with Crippen molar-refractivity contribution in [3.63, 3.8) is 0 Å². The summed E-state index contributed by atoms with van der Waals surface area (Å²) in [4.78, 5) is 50.0. The van der Waals surface area contributed by atoms with E-state index in [-0.39, 0.29) is 33.5 Å². The number of fused-ring (bicyclic) bond motifs is 2. The Labute approximate surface area is 229 Å². The molecule has 1 amide bonds. The van der Waals surface area contributed by atoms with Gasteiger partial charge in [-0.3, -0.25) is 4.79 Å². The summed E-state index contributed by atoms with van der Waals surface area (Å²) in [6.45, 7) is 4.69. The average Bonchev–Trinajstić information content (AvgIpc) is 2.94. The summed E-state index contributed by atoms with van der Waals surface area (Å²) < 4.78 is 0. The van der Waals surface area contributed by atoms with Gasteiger partial charge in [-0.15, -0.1) is 0 Å². The van der Waals surface area contributed by atoms with Crippen molar-refractivity contribution in [2.24, 2.45) is 5.92 Å². The van der Waals surface area contributed by atoms with Crippen LogP contribution in [0.5, 0.6) is 0 Å². The molecule has 8 nitrogen and oxygen atoms in total. The number of carbonyl (C=O) groups excluding carboxylic acids is 1. The molecule has 0 saturated carbocycles. The number of amides is 1. The lowest BCUT2D eigenvalue weighted by Crippen LogP contribution is -2.29. The summed E-state index contributed by atoms with van der Waals surface area (Å²) in [6.07, 6.45) is 4.05. The Morgan fingerprint density at radius 2 is 1.02 bits per heavy atom. The molecule has 5 rings (SSSR count). The second kappa shape index (κ2) is 10.4. The third-order valence-corrected chi connectivity index (χ3v) is 7.93. The quantitative estimate of drug-likeness (QED) is 0.113. The zero-order valence-electron chi connectivity index (χ0n) is 22.2. The van der Waals surface area contributed by atoms with E-state index in [2.05, 4.69) is 19.2 Å². The molecule has 5 aromatic rings. The van der Waals surface area contributed by atoms with Crippen LogP contribution < -0.4 is 5.32 Å². The molecule has 0 aliphatic carbocycles. The second-order valence-electron chi connectivity index (χ2n) is 10.2. The monoisotopic (exact) mass is 539 g/mol. The number of hydrogen-bond acceptors (Lipinski definition) is 4. The third kappa shape index (κ3) is 4.25. The number of unbranched alkanes of at least 4 members (excludes halogenated alkanes) is 1. The number of nitrogens with one attached hydrogen (secondary N) is 1. The molecule has 0 aliphatic rings. The molecule has 0 spiro atoms. The molecule has 0 fully saturated rings. The number of carboxylic acids is 3. The fraction of sp³-hybridized carbons (Fsp3) is 0.250. The van der Waals surface area contributed by atoms with Crippen LogP contribution in [0.3, 0.4) is 0 Å². The Morgan fingerprint density at radius 1 is 0.625 bits per heavy atom. The average molecular weight is 540 g/mol. The van der Waals surface area contributed by atoms with Gasteiger partial charge in [-0.1, -0.05) is 57.4 Å². The molecule has 204 valence electrons. The summed E-state index contributed by atoms with van der Waals surface area (Å²) in [5.41, 5.74) is -0.0473. The summed E-state index contributed by atoms with van der Waals surface area (Å²) in [5.74, 6) is -3.72. The number of carboxylic acid groups (broad SMARTS) is 3. The smallest absolute Gasteiger partial charge is 0.336 e. The van der Waals surface area contributed by atoms with Gasteiger partial charge in [0.15, 0.2) is 0 Å². The fourth-order valence-electron chi connectivity index (χ4n) is 5.89. The highest BCUT2D eigenvalue weighted by molar-refractivity contribution is 6.38. The van der Waals surface area contributed by atoms with Gasteiger partial charge in [-0.25, -0.2) is 14.4 Å². The molecule has 40 heavy (non-hydrogen) atoms. The van der Waals surface area contributed by atoms with Crippen molar-refractivity contribution in [2.75, 3.05) is 6.54 Å². The predicted molar refractivity (Wildman–Crippen MR) is 154 cm³/mol. The number of rotatable bonds is 10. The summed E-state index contributed by atoms with van der Waals surface area (Å²) >= 11 is 0. The van der Waals surface area contributed by atoms with Crippen molar-refractivity contribution in [3.8, 4) is 0 Å². The number of benzene rings is 5. The van der Waals surface area contributed by atoms with E-state index in [1.54, 1.807) is 30.3 Å². The van der Waals surface area contributed by atoms with Crippen molar-refractivity contribution in [2.45, 2.75) is 39.5 Å². The molecule has 0 heterocycles. The molecule has 5 aromatic carbocycles. The van der Waals surface area contributed by atoms with Gasteiger partial charge >= 0.3 is 17.9 Å². The van der Waals surface area contributed by atoms with Gasteiger partial charge in [0.1, 0.15) is 0 Å². The number of carbonyl (C=O) groups is 4. The maximum atomic E-state index is 13.5. The molecule has 1 unspecified atom stereocenters. The lowest BCUT2D eigenvalue weighted by atomic mass is 9.84. The van der Waals surface area contributed by atoms with Crippen molar-refractivity contribution >= 4 is 66.9 Å². The fourth-order valence-corrected chi connectivity index (χ4v) is 5.89. The Balaban J connectivity index is 1.82. The number of hydrogen-bond donors (Lipinski definition) is 4. The lowest BCUT2D eigenvalue weighted by molar-refractivity contribution is 0.0685. The van der Waals surface area contributed by atoms with E-state index >= 15 is 0 Å². The lowest BCUT2D eigenvalue weighted by Gasteiger charge is -2.20. The standard InChI is InChI=1S/C32H29NO7/c1-3-5-6-16(4-2)15-33-29(34)21-11-7-17-19-9-13-23(31(37)38)28-24(32(39)40)14-10-20(26(19)28)18-8-12-22(30(35)36)27(21)25(17)18/h7-14,16H,3-6,15H2,1-2H3,(H,33,34)(H,35,36)(H,37,38)(H,39,40). The van der Waals surface area contributed by atoms with Gasteiger partial charge in [-0.05, 0) is 68.9 Å². The molecular weight excluding hydrogens is 510 g/mol. The van der Waals surface area contributed by atoms with E-state index in [1.807, 2.05) is 0 Å². The van der Waals surface area contributed by atoms with E-state index < -0.39 is 17.9 Å². The Morgan fingerprint density at radius 3 is 1.40 bits per heavy atom. The highest BCUT2D eigenvalue weighted by Gasteiger charge is 2.25. The molecule has 0 aliphatic heterocycles. The first kappa shape index (κ1) is 26.9. The van der Waals surface area contributed by atoms with Crippen LogP contribution in [0.25, 0.3) is 43.1 Å². The molecule has 0 saturated heterocycles. The van der Waals surface area contributed by atoms with Crippen molar-refractivity contribution < 1.29 is 34.5 Å². The normalized spacial score (nSPS) is 12.3. The summed E-state index contributed by atoms with van der Waals surface area (Å²) in [5, 5.41) is 36.6. The minimum absolute atomic E-state index is 0.0206. The summed E-state index contributed by atoms with van der Waals surface area (Å²) in [7, 11) is 0. The minimum atomic E-state index is -1.25. The van der Waals surface area contributed by atoms with Crippen LogP contribution in [-0.4, -0.2) is 45.7 Å². The van der Waals surface area contributed by atoms with Crippen LogP contribution in [0.2, 0.25) is 0 Å². The van der Waals surface area contributed by atoms with E-state index in [1.165, 1.54) is 18.2 Å². The Kier molecular flexibility index (Phi) is 7.02. The molecule has 1 atom stereocenters. The van der Waals surface area contributed by atoms with Crippen LogP contribution >= 0.6 is 0 Å². The van der Waals surface area contributed by atoms with E-state index in [0.29, 0.717) is 50.2 Å². The van der Waals surface area contributed by atoms with Crippen LogP contribution in [0, 0.1) is 5.92 Å². The van der Waals surface area contributed by atoms with Gasteiger partial charge < -0.3 is 20.6 Å². The first-order valence-corrected chi connectivity index (χ1v) is 13.4.